The summed E-state index contributed by atoms with van der Waals surface area (Å²) in [5.74, 6) is 1.98. The minimum absolute atomic E-state index is 0.428. The molecular formula is C33H36N+. The van der Waals surface area contributed by atoms with Gasteiger partial charge in [-0.15, -0.1) is 0 Å². The summed E-state index contributed by atoms with van der Waals surface area (Å²) >= 11 is 0. The van der Waals surface area contributed by atoms with Crippen LogP contribution in [0.3, 0.4) is 0 Å². The van der Waals surface area contributed by atoms with Crippen LogP contribution >= 0.6 is 0 Å². The Morgan fingerprint density at radius 3 is 1.82 bits per heavy atom. The van der Waals surface area contributed by atoms with Crippen LogP contribution < -0.4 is 4.57 Å². The molecule has 3 aromatic carbocycles. The molecule has 0 aliphatic heterocycles. The lowest BCUT2D eigenvalue weighted by Gasteiger charge is -2.38. The van der Waals surface area contributed by atoms with Crippen molar-refractivity contribution in [1.29, 1.82) is 0 Å². The fourth-order valence-electron chi connectivity index (χ4n) is 6.03. The molecule has 1 nitrogen and oxygen atoms in total. The predicted molar refractivity (Wildman–Crippen MR) is 143 cm³/mol. The Morgan fingerprint density at radius 1 is 0.618 bits per heavy atom. The molecule has 34 heavy (non-hydrogen) atoms. The second kappa shape index (κ2) is 8.87. The summed E-state index contributed by atoms with van der Waals surface area (Å²) in [6.07, 6.45) is 2.20. The van der Waals surface area contributed by atoms with E-state index in [1.54, 1.807) is 0 Å². The van der Waals surface area contributed by atoms with Crippen molar-refractivity contribution in [2.24, 2.45) is 18.9 Å². The zero-order chi connectivity index (χ0) is 24.0. The normalized spacial score (nSPS) is 17.1. The van der Waals surface area contributed by atoms with Crippen LogP contribution in [0.4, 0.5) is 0 Å². The first-order chi connectivity index (χ1) is 16.4. The summed E-state index contributed by atoms with van der Waals surface area (Å²) in [6.45, 7) is 11.7. The predicted octanol–water partition coefficient (Wildman–Crippen LogP) is 8.04. The number of aryl methyl sites for hydroxylation is 2. The molecule has 1 heterocycles. The van der Waals surface area contributed by atoms with Gasteiger partial charge in [0, 0.05) is 29.5 Å². The third-order valence-electron chi connectivity index (χ3n) is 7.66. The number of hydrogen-bond donors (Lipinski definition) is 0. The molecule has 0 saturated carbocycles. The summed E-state index contributed by atoms with van der Waals surface area (Å²) in [5, 5.41) is 0. The highest BCUT2D eigenvalue weighted by Crippen LogP contribution is 2.49. The van der Waals surface area contributed by atoms with E-state index < -0.39 is 0 Å². The smallest absolute Gasteiger partial charge is 0.201 e. The maximum Gasteiger partial charge on any atom is 0.213 e. The van der Waals surface area contributed by atoms with Crippen LogP contribution in [0.2, 0.25) is 0 Å². The molecular weight excluding hydrogens is 410 g/mol. The summed E-state index contributed by atoms with van der Waals surface area (Å²) in [7, 11) is 2.14. The highest BCUT2D eigenvalue weighted by molar-refractivity contribution is 5.72. The van der Waals surface area contributed by atoms with Gasteiger partial charge >= 0.3 is 0 Å². The van der Waals surface area contributed by atoms with Gasteiger partial charge in [-0.3, -0.25) is 0 Å². The van der Waals surface area contributed by atoms with Crippen molar-refractivity contribution in [3.8, 4) is 22.4 Å². The molecule has 0 amide bonds. The summed E-state index contributed by atoms with van der Waals surface area (Å²) in [5.41, 5.74) is 12.5. The molecule has 1 aliphatic rings. The molecule has 0 fully saturated rings. The van der Waals surface area contributed by atoms with Gasteiger partial charge in [-0.1, -0.05) is 88.4 Å². The lowest BCUT2D eigenvalue weighted by molar-refractivity contribution is -0.660. The minimum atomic E-state index is 0.428. The molecule has 1 aliphatic carbocycles. The van der Waals surface area contributed by atoms with Gasteiger partial charge in [0.25, 0.3) is 0 Å². The van der Waals surface area contributed by atoms with E-state index in [1.807, 2.05) is 0 Å². The topological polar surface area (TPSA) is 3.88 Å². The van der Waals surface area contributed by atoms with Crippen molar-refractivity contribution in [3.05, 3.63) is 113 Å². The van der Waals surface area contributed by atoms with Crippen molar-refractivity contribution >= 4 is 0 Å². The lowest BCUT2D eigenvalue weighted by Crippen LogP contribution is -2.30. The summed E-state index contributed by atoms with van der Waals surface area (Å²) in [4.78, 5) is 0. The number of hydrogen-bond acceptors (Lipinski definition) is 0. The Balaban J connectivity index is 1.68. The quantitative estimate of drug-likeness (QED) is 0.279. The molecule has 1 heteroatoms. The van der Waals surface area contributed by atoms with E-state index in [1.165, 1.54) is 50.2 Å². The Kier molecular flexibility index (Phi) is 5.90. The molecule has 0 saturated heterocycles. The molecule has 2 atom stereocenters. The van der Waals surface area contributed by atoms with E-state index in [4.69, 9.17) is 0 Å². The fraction of sp³-hybridized carbons (Fsp3) is 0.303. The highest BCUT2D eigenvalue weighted by Gasteiger charge is 2.35. The zero-order valence-corrected chi connectivity index (χ0v) is 21.3. The molecule has 0 N–H and O–H groups in total. The van der Waals surface area contributed by atoms with E-state index in [0.29, 0.717) is 23.7 Å². The first-order valence-electron chi connectivity index (χ1n) is 12.7. The number of pyridine rings is 1. The van der Waals surface area contributed by atoms with Crippen LogP contribution in [0.1, 0.15) is 67.3 Å². The first kappa shape index (κ1) is 22.6. The number of nitrogens with zero attached hydrogens (tertiary/aromatic N) is 1. The molecule has 4 aromatic rings. The van der Waals surface area contributed by atoms with Crippen LogP contribution in [0, 0.1) is 18.8 Å². The third kappa shape index (κ3) is 3.78. The number of aromatic nitrogens is 1. The van der Waals surface area contributed by atoms with Gasteiger partial charge in [0.05, 0.1) is 0 Å². The average Bonchev–Trinajstić information content (AvgIpc) is 2.82. The van der Waals surface area contributed by atoms with Gasteiger partial charge < -0.3 is 0 Å². The number of rotatable bonds is 4. The summed E-state index contributed by atoms with van der Waals surface area (Å²) < 4.78 is 2.23. The van der Waals surface area contributed by atoms with Gasteiger partial charge in [-0.05, 0) is 63.8 Å². The molecule has 5 rings (SSSR count). The van der Waals surface area contributed by atoms with Gasteiger partial charge in [0.15, 0.2) is 6.20 Å². The van der Waals surface area contributed by atoms with Crippen LogP contribution in [0.25, 0.3) is 22.4 Å². The highest BCUT2D eigenvalue weighted by atomic mass is 14.9. The zero-order valence-electron chi connectivity index (χ0n) is 21.3. The van der Waals surface area contributed by atoms with Crippen molar-refractivity contribution in [2.45, 2.75) is 46.5 Å². The maximum atomic E-state index is 2.49. The SMILES string of the molecule is Cc1ccccc1-c1cc(-c2ccc3c(c2)C(C(C)C)c2ccccc2C3C(C)C)cc[n+]1C. The largest absolute Gasteiger partial charge is 0.213 e. The van der Waals surface area contributed by atoms with E-state index in [9.17, 15) is 0 Å². The molecule has 0 radical (unpaired) electrons. The maximum absolute atomic E-state index is 2.49. The second-order valence-corrected chi connectivity index (χ2v) is 10.6. The average molecular weight is 447 g/mol. The molecule has 0 spiro atoms. The monoisotopic (exact) mass is 446 g/mol. The van der Waals surface area contributed by atoms with Gasteiger partial charge in [-0.2, -0.15) is 0 Å². The van der Waals surface area contributed by atoms with Crippen LogP contribution in [-0.4, -0.2) is 0 Å². The standard InChI is InChI=1S/C33H36N/c1-21(2)32-27-13-9-10-14-28(27)33(22(3)4)30-19-24(15-16-29(30)32)25-17-18-34(6)31(20-25)26-12-8-7-11-23(26)5/h7-22,32-33H,1-6H3/q+1. The Labute approximate surface area is 205 Å². The van der Waals surface area contributed by atoms with Gasteiger partial charge in [0.1, 0.15) is 7.05 Å². The van der Waals surface area contributed by atoms with E-state index in [0.717, 1.165) is 0 Å². The van der Waals surface area contributed by atoms with Crippen LogP contribution in [0.5, 0.6) is 0 Å². The fourth-order valence-corrected chi connectivity index (χ4v) is 6.03. The van der Waals surface area contributed by atoms with E-state index in [2.05, 4.69) is 131 Å². The van der Waals surface area contributed by atoms with Crippen molar-refractivity contribution in [1.82, 2.24) is 0 Å². The molecule has 2 unspecified atom stereocenters. The lowest BCUT2D eigenvalue weighted by atomic mass is 9.66. The Hall–Kier alpha value is -3.19. The second-order valence-electron chi connectivity index (χ2n) is 10.6. The number of fused-ring (bicyclic) bond motifs is 2. The third-order valence-corrected chi connectivity index (χ3v) is 7.66. The van der Waals surface area contributed by atoms with Crippen LogP contribution in [0.15, 0.2) is 85.1 Å². The molecule has 1 aromatic heterocycles. The first-order valence-corrected chi connectivity index (χ1v) is 12.7. The van der Waals surface area contributed by atoms with Crippen molar-refractivity contribution < 1.29 is 4.57 Å². The Bertz CT molecular complexity index is 1340. The molecule has 172 valence electrons. The van der Waals surface area contributed by atoms with E-state index in [-0.39, 0.29) is 0 Å². The van der Waals surface area contributed by atoms with Crippen LogP contribution in [-0.2, 0) is 7.05 Å². The van der Waals surface area contributed by atoms with Crippen molar-refractivity contribution in [2.75, 3.05) is 0 Å². The minimum Gasteiger partial charge on any atom is -0.201 e. The van der Waals surface area contributed by atoms with Gasteiger partial charge in [-0.25, -0.2) is 4.57 Å². The van der Waals surface area contributed by atoms with E-state index >= 15 is 0 Å². The molecule has 0 bridgehead atoms. The van der Waals surface area contributed by atoms with Gasteiger partial charge in [0.2, 0.25) is 5.69 Å². The Morgan fingerprint density at radius 2 is 1.18 bits per heavy atom. The summed E-state index contributed by atoms with van der Waals surface area (Å²) in [6, 6.07) is 29.7. The van der Waals surface area contributed by atoms with Crippen molar-refractivity contribution in [3.63, 3.8) is 0 Å². The number of benzene rings is 3.